The van der Waals surface area contributed by atoms with E-state index >= 15 is 0 Å². The Hall–Kier alpha value is -0.910. The number of aromatic nitrogens is 1. The van der Waals surface area contributed by atoms with Crippen LogP contribution in [0.4, 0.5) is 0 Å². The molecule has 0 unspecified atom stereocenters. The number of rotatable bonds is 5. The zero-order valence-electron chi connectivity index (χ0n) is 11.6. The van der Waals surface area contributed by atoms with Crippen LogP contribution >= 0.6 is 27.3 Å². The molecule has 1 fully saturated rings. The number of thiazole rings is 1. The molecule has 1 aliphatic carbocycles. The van der Waals surface area contributed by atoms with Crippen LogP contribution in [0.1, 0.15) is 29.3 Å². The first-order valence-electron chi connectivity index (χ1n) is 6.71. The van der Waals surface area contributed by atoms with Crippen LogP contribution < -0.4 is 10.1 Å². The van der Waals surface area contributed by atoms with Gasteiger partial charge in [-0.2, -0.15) is 0 Å². The molecule has 1 aromatic heterocycles. The predicted octanol–water partition coefficient (Wildman–Crippen LogP) is 4.18. The maximum atomic E-state index is 5.28. The van der Waals surface area contributed by atoms with Crippen LogP contribution in [0.3, 0.4) is 0 Å². The van der Waals surface area contributed by atoms with Gasteiger partial charge in [0, 0.05) is 22.9 Å². The lowest BCUT2D eigenvalue weighted by molar-refractivity contribution is 0.412. The molecule has 0 radical (unpaired) electrons. The number of benzene rings is 1. The molecule has 0 saturated heterocycles. The lowest BCUT2D eigenvalue weighted by Crippen LogP contribution is -2.05. The van der Waals surface area contributed by atoms with E-state index in [-0.39, 0.29) is 0 Å². The summed E-state index contributed by atoms with van der Waals surface area (Å²) in [6.45, 7) is 0.904. The highest BCUT2D eigenvalue weighted by Crippen LogP contribution is 2.44. The standard InChI is InChI=1S/C15H17BrN2OS/c1-17-8-13-14(9-3-4-9)18-15(20-13)10-5-6-12(19-2)11(16)7-10/h5-7,9,17H,3-4,8H2,1-2H3. The lowest BCUT2D eigenvalue weighted by atomic mass is 10.2. The van der Waals surface area contributed by atoms with Crippen molar-refractivity contribution >= 4 is 27.3 Å². The van der Waals surface area contributed by atoms with Crippen molar-refractivity contribution in [3.05, 3.63) is 33.2 Å². The number of hydrogen-bond donors (Lipinski definition) is 1. The highest BCUT2D eigenvalue weighted by molar-refractivity contribution is 9.10. The Labute approximate surface area is 131 Å². The normalized spacial score (nSPS) is 14.6. The van der Waals surface area contributed by atoms with E-state index in [1.54, 1.807) is 18.4 Å². The first-order valence-corrected chi connectivity index (χ1v) is 8.32. The topological polar surface area (TPSA) is 34.1 Å². The monoisotopic (exact) mass is 352 g/mol. The highest BCUT2D eigenvalue weighted by Gasteiger charge is 2.29. The van der Waals surface area contributed by atoms with Gasteiger partial charge in [0.2, 0.25) is 0 Å². The number of ether oxygens (including phenoxy) is 1. The van der Waals surface area contributed by atoms with Crippen molar-refractivity contribution in [3.8, 4) is 16.3 Å². The summed E-state index contributed by atoms with van der Waals surface area (Å²) >= 11 is 5.33. The molecule has 0 spiro atoms. The fourth-order valence-corrected chi connectivity index (χ4v) is 3.95. The fourth-order valence-electron chi connectivity index (χ4n) is 2.25. The summed E-state index contributed by atoms with van der Waals surface area (Å²) in [5.41, 5.74) is 2.44. The number of nitrogens with one attached hydrogen (secondary N) is 1. The van der Waals surface area contributed by atoms with Crippen molar-refractivity contribution in [2.24, 2.45) is 0 Å². The molecule has 1 N–H and O–H groups in total. The second-order valence-electron chi connectivity index (χ2n) is 4.98. The second kappa shape index (κ2) is 5.84. The molecule has 0 aliphatic heterocycles. The van der Waals surface area contributed by atoms with Crippen molar-refractivity contribution < 1.29 is 4.74 Å². The summed E-state index contributed by atoms with van der Waals surface area (Å²) in [5, 5.41) is 4.34. The van der Waals surface area contributed by atoms with E-state index in [1.165, 1.54) is 23.4 Å². The molecule has 0 bridgehead atoms. The first-order chi connectivity index (χ1) is 9.72. The van der Waals surface area contributed by atoms with Gasteiger partial charge in [-0.3, -0.25) is 0 Å². The Balaban J connectivity index is 1.97. The second-order valence-corrected chi connectivity index (χ2v) is 6.92. The van der Waals surface area contributed by atoms with E-state index < -0.39 is 0 Å². The van der Waals surface area contributed by atoms with Gasteiger partial charge >= 0.3 is 0 Å². The summed E-state index contributed by atoms with van der Waals surface area (Å²) in [6.07, 6.45) is 2.57. The molecule has 1 aromatic carbocycles. The predicted molar refractivity (Wildman–Crippen MR) is 86.5 cm³/mol. The Morgan fingerprint density at radius 2 is 2.25 bits per heavy atom. The molecule has 1 aliphatic rings. The van der Waals surface area contributed by atoms with Crippen molar-refractivity contribution in [1.82, 2.24) is 10.3 Å². The van der Waals surface area contributed by atoms with Crippen molar-refractivity contribution in [3.63, 3.8) is 0 Å². The van der Waals surface area contributed by atoms with Crippen LogP contribution in [-0.2, 0) is 6.54 Å². The largest absolute Gasteiger partial charge is 0.496 e. The maximum absolute atomic E-state index is 5.28. The third kappa shape index (κ3) is 2.75. The molecule has 2 aromatic rings. The smallest absolute Gasteiger partial charge is 0.133 e. The quantitative estimate of drug-likeness (QED) is 0.876. The van der Waals surface area contributed by atoms with E-state index in [2.05, 4.69) is 33.4 Å². The Morgan fingerprint density at radius 3 is 2.85 bits per heavy atom. The summed E-state index contributed by atoms with van der Waals surface area (Å²) in [7, 11) is 3.67. The molecule has 3 nitrogen and oxygen atoms in total. The Bertz CT molecular complexity index is 622. The van der Waals surface area contributed by atoms with Crippen molar-refractivity contribution in [1.29, 1.82) is 0 Å². The minimum atomic E-state index is 0.685. The maximum Gasteiger partial charge on any atom is 0.133 e. The molecule has 0 amide bonds. The van der Waals surface area contributed by atoms with Gasteiger partial charge in [0.15, 0.2) is 0 Å². The van der Waals surface area contributed by atoms with E-state index in [0.717, 1.165) is 27.3 Å². The van der Waals surface area contributed by atoms with Crippen LogP contribution in [0.2, 0.25) is 0 Å². The van der Waals surface area contributed by atoms with Gasteiger partial charge in [-0.15, -0.1) is 11.3 Å². The average Bonchev–Trinajstić information content (AvgIpc) is 3.20. The van der Waals surface area contributed by atoms with Crippen molar-refractivity contribution in [2.75, 3.05) is 14.2 Å². The number of hydrogen-bond acceptors (Lipinski definition) is 4. The van der Waals surface area contributed by atoms with Gasteiger partial charge in [0.05, 0.1) is 17.3 Å². The molecule has 3 rings (SSSR count). The first kappa shape index (κ1) is 14.0. The van der Waals surface area contributed by atoms with Gasteiger partial charge < -0.3 is 10.1 Å². The van der Waals surface area contributed by atoms with Crippen LogP contribution in [0.25, 0.3) is 10.6 Å². The van der Waals surface area contributed by atoms with Gasteiger partial charge in [-0.05, 0) is 54.0 Å². The number of halogens is 1. The van der Waals surface area contributed by atoms with Gasteiger partial charge in [-0.25, -0.2) is 4.98 Å². The molecule has 20 heavy (non-hydrogen) atoms. The molecule has 1 heterocycles. The van der Waals surface area contributed by atoms with E-state index in [0.29, 0.717) is 5.92 Å². The van der Waals surface area contributed by atoms with Crippen molar-refractivity contribution in [2.45, 2.75) is 25.3 Å². The number of nitrogens with zero attached hydrogens (tertiary/aromatic N) is 1. The minimum absolute atomic E-state index is 0.685. The zero-order chi connectivity index (χ0) is 14.1. The minimum Gasteiger partial charge on any atom is -0.496 e. The Kier molecular flexibility index (Phi) is 4.10. The third-order valence-corrected chi connectivity index (χ3v) is 5.17. The molecular formula is C15H17BrN2OS. The van der Waals surface area contributed by atoms with Gasteiger partial charge in [0.1, 0.15) is 10.8 Å². The highest BCUT2D eigenvalue weighted by atomic mass is 79.9. The summed E-state index contributed by atoms with van der Waals surface area (Å²) in [5.74, 6) is 1.54. The van der Waals surface area contributed by atoms with Gasteiger partial charge in [0.25, 0.3) is 0 Å². The van der Waals surface area contributed by atoms with E-state index in [9.17, 15) is 0 Å². The summed E-state index contributed by atoms with van der Waals surface area (Å²) in [6, 6.07) is 6.13. The summed E-state index contributed by atoms with van der Waals surface area (Å²) < 4.78 is 6.25. The van der Waals surface area contributed by atoms with E-state index in [1.807, 2.05) is 13.1 Å². The molecule has 1 saturated carbocycles. The molecule has 5 heteroatoms. The number of methoxy groups -OCH3 is 1. The van der Waals surface area contributed by atoms with Crippen LogP contribution in [-0.4, -0.2) is 19.1 Å². The Morgan fingerprint density at radius 1 is 1.45 bits per heavy atom. The molecule has 0 atom stereocenters. The average molecular weight is 353 g/mol. The summed E-state index contributed by atoms with van der Waals surface area (Å²) in [4.78, 5) is 6.25. The molecule has 106 valence electrons. The van der Waals surface area contributed by atoms with Gasteiger partial charge in [-0.1, -0.05) is 0 Å². The van der Waals surface area contributed by atoms with Crippen LogP contribution in [0.5, 0.6) is 5.75 Å². The van der Waals surface area contributed by atoms with Crippen LogP contribution in [0.15, 0.2) is 22.7 Å². The third-order valence-electron chi connectivity index (χ3n) is 3.43. The SMILES string of the molecule is CNCc1sc(-c2ccc(OC)c(Br)c2)nc1C1CC1. The fraction of sp³-hybridized carbons (Fsp3) is 0.400. The lowest BCUT2D eigenvalue weighted by Gasteiger charge is -2.04. The molecular weight excluding hydrogens is 336 g/mol. The van der Waals surface area contributed by atoms with Crippen LogP contribution in [0, 0.1) is 0 Å². The van der Waals surface area contributed by atoms with E-state index in [4.69, 9.17) is 9.72 Å². The zero-order valence-corrected chi connectivity index (χ0v) is 14.0.